The third-order valence-electron chi connectivity index (χ3n) is 4.14. The van der Waals surface area contributed by atoms with Gasteiger partial charge in [-0.3, -0.25) is 4.79 Å². The average Bonchev–Trinajstić information content (AvgIpc) is 3.36. The minimum Gasteiger partial charge on any atom is -0.488 e. The molecule has 25 heavy (non-hydrogen) atoms. The number of hydrogen-bond donors (Lipinski definition) is 0. The van der Waals surface area contributed by atoms with E-state index in [1.165, 1.54) is 11.3 Å². The Bertz CT molecular complexity index is 875. The lowest BCUT2D eigenvalue weighted by molar-refractivity contribution is 0.0773. The van der Waals surface area contributed by atoms with E-state index in [0.717, 1.165) is 17.5 Å². The fourth-order valence-corrected chi connectivity index (χ4v) is 3.54. The summed E-state index contributed by atoms with van der Waals surface area (Å²) in [5.74, 6) is 1.78. The highest BCUT2D eigenvalue weighted by Gasteiger charge is 2.29. The van der Waals surface area contributed by atoms with Crippen LogP contribution in [0.4, 0.5) is 0 Å². The predicted molar refractivity (Wildman–Crippen MR) is 93.7 cm³/mol. The molecule has 1 aliphatic rings. The number of likely N-dealkylation sites (tertiary alicyclic amines) is 1. The normalized spacial score (nSPS) is 17.0. The molecule has 1 unspecified atom stereocenters. The molecule has 0 bridgehead atoms. The van der Waals surface area contributed by atoms with Crippen molar-refractivity contribution in [1.29, 1.82) is 0 Å². The van der Waals surface area contributed by atoms with Gasteiger partial charge in [0.1, 0.15) is 11.9 Å². The molecular formula is C18H17N3O3S. The van der Waals surface area contributed by atoms with E-state index in [-0.39, 0.29) is 12.0 Å². The second-order valence-electron chi connectivity index (χ2n) is 5.93. The second-order valence-corrected chi connectivity index (χ2v) is 6.71. The van der Waals surface area contributed by atoms with Gasteiger partial charge in [0.15, 0.2) is 5.82 Å². The molecule has 2 aromatic heterocycles. The minimum atomic E-state index is -0.0484. The Morgan fingerprint density at radius 2 is 2.24 bits per heavy atom. The number of para-hydroxylation sites is 1. The van der Waals surface area contributed by atoms with Crippen LogP contribution in [0.25, 0.3) is 11.5 Å². The molecule has 128 valence electrons. The lowest BCUT2D eigenvalue weighted by atomic mass is 10.2. The van der Waals surface area contributed by atoms with Gasteiger partial charge in [0.25, 0.3) is 11.8 Å². The maximum Gasteiger partial charge on any atom is 0.261 e. The van der Waals surface area contributed by atoms with Crippen LogP contribution in [0.5, 0.6) is 5.75 Å². The number of hydrogen-bond acceptors (Lipinski definition) is 6. The monoisotopic (exact) mass is 355 g/mol. The van der Waals surface area contributed by atoms with Crippen molar-refractivity contribution in [2.45, 2.75) is 19.4 Å². The van der Waals surface area contributed by atoms with Gasteiger partial charge in [0, 0.05) is 18.3 Å². The Morgan fingerprint density at radius 3 is 3.00 bits per heavy atom. The summed E-state index contributed by atoms with van der Waals surface area (Å²) in [5, 5.41) is 7.63. The van der Waals surface area contributed by atoms with Gasteiger partial charge in [-0.15, -0.1) is 0 Å². The van der Waals surface area contributed by atoms with Crippen LogP contribution in [0.1, 0.15) is 22.6 Å². The fraction of sp³-hybridized carbons (Fsp3) is 0.278. The maximum atomic E-state index is 12.4. The Hall–Kier alpha value is -2.67. The highest BCUT2D eigenvalue weighted by Crippen LogP contribution is 2.30. The molecule has 0 spiro atoms. The third-order valence-corrected chi connectivity index (χ3v) is 4.82. The van der Waals surface area contributed by atoms with Gasteiger partial charge < -0.3 is 14.2 Å². The average molecular weight is 355 g/mol. The van der Waals surface area contributed by atoms with Crippen LogP contribution in [-0.4, -0.2) is 40.1 Å². The Labute approximate surface area is 149 Å². The number of rotatable bonds is 4. The number of aromatic nitrogens is 2. The number of benzene rings is 1. The molecule has 7 heteroatoms. The standard InChI is InChI=1S/C18H17N3O3S/c1-12-19-17(24-20-12)15-4-2-3-5-16(15)23-14-6-8-21(10-14)18(22)13-7-9-25-11-13/h2-5,7,9,11,14H,6,8,10H2,1H3. The van der Waals surface area contributed by atoms with Crippen LogP contribution >= 0.6 is 11.3 Å². The summed E-state index contributed by atoms with van der Waals surface area (Å²) in [6, 6.07) is 9.45. The smallest absolute Gasteiger partial charge is 0.261 e. The zero-order chi connectivity index (χ0) is 17.2. The number of carbonyl (C=O) groups is 1. The third kappa shape index (κ3) is 3.28. The molecule has 1 saturated heterocycles. The molecule has 6 nitrogen and oxygen atoms in total. The van der Waals surface area contributed by atoms with E-state index in [2.05, 4.69) is 10.1 Å². The van der Waals surface area contributed by atoms with Crippen molar-refractivity contribution < 1.29 is 14.1 Å². The maximum absolute atomic E-state index is 12.4. The van der Waals surface area contributed by atoms with E-state index in [1.54, 1.807) is 6.92 Å². The summed E-state index contributed by atoms with van der Waals surface area (Å²) in [7, 11) is 0. The van der Waals surface area contributed by atoms with E-state index in [1.807, 2.05) is 46.0 Å². The molecule has 1 amide bonds. The van der Waals surface area contributed by atoms with Gasteiger partial charge in [-0.1, -0.05) is 17.3 Å². The summed E-state index contributed by atoms with van der Waals surface area (Å²) in [4.78, 5) is 18.6. The van der Waals surface area contributed by atoms with Crippen LogP contribution in [0.15, 0.2) is 45.6 Å². The van der Waals surface area contributed by atoms with Crippen molar-refractivity contribution in [3.05, 3.63) is 52.5 Å². The first-order chi connectivity index (χ1) is 12.2. The van der Waals surface area contributed by atoms with Gasteiger partial charge in [-0.25, -0.2) is 0 Å². The van der Waals surface area contributed by atoms with Crippen molar-refractivity contribution in [3.63, 3.8) is 0 Å². The van der Waals surface area contributed by atoms with Crippen LogP contribution in [0.2, 0.25) is 0 Å². The minimum absolute atomic E-state index is 0.0484. The first kappa shape index (κ1) is 15.8. The lowest BCUT2D eigenvalue weighted by Gasteiger charge is -2.17. The van der Waals surface area contributed by atoms with Gasteiger partial charge in [-0.05, 0) is 30.5 Å². The zero-order valence-electron chi connectivity index (χ0n) is 13.7. The van der Waals surface area contributed by atoms with Gasteiger partial charge >= 0.3 is 0 Å². The van der Waals surface area contributed by atoms with Crippen molar-refractivity contribution in [3.8, 4) is 17.2 Å². The molecule has 3 heterocycles. The highest BCUT2D eigenvalue weighted by molar-refractivity contribution is 7.08. The second kappa shape index (κ2) is 6.68. The topological polar surface area (TPSA) is 68.5 Å². The number of amides is 1. The number of carbonyl (C=O) groups excluding carboxylic acids is 1. The molecule has 1 atom stereocenters. The fourth-order valence-electron chi connectivity index (χ4n) is 2.91. The van der Waals surface area contributed by atoms with Crippen molar-refractivity contribution >= 4 is 17.2 Å². The molecular weight excluding hydrogens is 338 g/mol. The first-order valence-corrected chi connectivity index (χ1v) is 9.03. The molecule has 0 radical (unpaired) electrons. The predicted octanol–water partition coefficient (Wildman–Crippen LogP) is 3.40. The Balaban J connectivity index is 1.48. The molecule has 1 aliphatic heterocycles. The van der Waals surface area contributed by atoms with Gasteiger partial charge in [0.05, 0.1) is 17.7 Å². The number of nitrogens with zero attached hydrogens (tertiary/aromatic N) is 3. The van der Waals surface area contributed by atoms with Gasteiger partial charge in [-0.2, -0.15) is 16.3 Å². The van der Waals surface area contributed by atoms with Crippen molar-refractivity contribution in [1.82, 2.24) is 15.0 Å². The summed E-state index contributed by atoms with van der Waals surface area (Å²) in [5.41, 5.74) is 1.51. The Morgan fingerprint density at radius 1 is 1.36 bits per heavy atom. The molecule has 0 saturated carbocycles. The van der Waals surface area contributed by atoms with E-state index >= 15 is 0 Å². The SMILES string of the molecule is Cc1noc(-c2ccccc2OC2CCN(C(=O)c3ccsc3)C2)n1. The van der Waals surface area contributed by atoms with Crippen LogP contribution < -0.4 is 4.74 Å². The summed E-state index contributed by atoms with van der Waals surface area (Å²) < 4.78 is 11.4. The quantitative estimate of drug-likeness (QED) is 0.717. The van der Waals surface area contributed by atoms with E-state index in [4.69, 9.17) is 9.26 Å². The van der Waals surface area contributed by atoms with Crippen molar-refractivity contribution in [2.24, 2.45) is 0 Å². The molecule has 1 fully saturated rings. The summed E-state index contributed by atoms with van der Waals surface area (Å²) in [6.07, 6.45) is 0.750. The molecule has 0 aliphatic carbocycles. The van der Waals surface area contributed by atoms with Crippen LogP contribution in [-0.2, 0) is 0 Å². The zero-order valence-corrected chi connectivity index (χ0v) is 14.5. The number of thiophene rings is 1. The summed E-state index contributed by atoms with van der Waals surface area (Å²) in [6.45, 7) is 3.05. The van der Waals surface area contributed by atoms with E-state index < -0.39 is 0 Å². The van der Waals surface area contributed by atoms with E-state index in [0.29, 0.717) is 30.6 Å². The summed E-state index contributed by atoms with van der Waals surface area (Å²) >= 11 is 1.53. The van der Waals surface area contributed by atoms with Crippen LogP contribution in [0, 0.1) is 6.92 Å². The number of aryl methyl sites for hydroxylation is 1. The molecule has 3 aromatic rings. The first-order valence-electron chi connectivity index (χ1n) is 8.08. The molecule has 1 aromatic carbocycles. The lowest BCUT2D eigenvalue weighted by Crippen LogP contribution is -2.30. The van der Waals surface area contributed by atoms with E-state index in [9.17, 15) is 4.79 Å². The molecule has 4 rings (SSSR count). The Kier molecular flexibility index (Phi) is 4.23. The van der Waals surface area contributed by atoms with Crippen LogP contribution in [0.3, 0.4) is 0 Å². The molecule has 0 N–H and O–H groups in total. The van der Waals surface area contributed by atoms with Gasteiger partial charge in [0.2, 0.25) is 0 Å². The number of ether oxygens (including phenoxy) is 1. The highest BCUT2D eigenvalue weighted by atomic mass is 32.1. The largest absolute Gasteiger partial charge is 0.488 e. The van der Waals surface area contributed by atoms with Crippen molar-refractivity contribution in [2.75, 3.05) is 13.1 Å².